The maximum absolute atomic E-state index is 3.47. The van der Waals surface area contributed by atoms with Crippen molar-refractivity contribution >= 4 is 11.3 Å². The largest absolute Gasteiger partial charge is 0.317 e. The molecule has 0 aliphatic rings. The Labute approximate surface area is 97.9 Å². The van der Waals surface area contributed by atoms with Crippen molar-refractivity contribution in [1.29, 1.82) is 0 Å². The zero-order valence-corrected chi connectivity index (χ0v) is 10.8. The summed E-state index contributed by atoms with van der Waals surface area (Å²) < 4.78 is 0. The normalized spacial score (nSPS) is 12.9. The van der Waals surface area contributed by atoms with Gasteiger partial charge in [-0.2, -0.15) is 0 Å². The van der Waals surface area contributed by atoms with Crippen molar-refractivity contribution in [3.8, 4) is 0 Å². The van der Waals surface area contributed by atoms with Crippen molar-refractivity contribution in [1.82, 2.24) is 5.32 Å². The van der Waals surface area contributed by atoms with E-state index in [-0.39, 0.29) is 0 Å². The smallest absolute Gasteiger partial charge is 0.00453 e. The van der Waals surface area contributed by atoms with Crippen LogP contribution in [0.25, 0.3) is 0 Å². The van der Waals surface area contributed by atoms with Gasteiger partial charge in [0.15, 0.2) is 0 Å². The second-order valence-electron chi connectivity index (χ2n) is 4.08. The molecule has 2 heteroatoms. The Hall–Kier alpha value is -0.340. The van der Waals surface area contributed by atoms with Crippen LogP contribution >= 0.6 is 11.3 Å². The third-order valence-corrected chi connectivity index (χ3v) is 3.70. The first-order chi connectivity index (χ1) is 7.36. The van der Waals surface area contributed by atoms with Crippen molar-refractivity contribution in [3.63, 3.8) is 0 Å². The molecule has 0 saturated heterocycles. The molecular weight excluding hydrogens is 202 g/mol. The standard InChI is InChI=1S/C13H23NS/c1-3-6-12(11-14-4-2)8-9-13-7-5-10-15-13/h5,7,10,12,14H,3-4,6,8-9,11H2,1-2H3. The number of nitrogens with one attached hydrogen (secondary N) is 1. The number of thiophene rings is 1. The van der Waals surface area contributed by atoms with Gasteiger partial charge in [0.05, 0.1) is 0 Å². The summed E-state index contributed by atoms with van der Waals surface area (Å²) in [4.78, 5) is 1.53. The molecule has 1 atom stereocenters. The van der Waals surface area contributed by atoms with Gasteiger partial charge >= 0.3 is 0 Å². The lowest BCUT2D eigenvalue weighted by Gasteiger charge is -2.15. The monoisotopic (exact) mass is 225 g/mol. The fourth-order valence-corrected chi connectivity index (χ4v) is 2.63. The summed E-state index contributed by atoms with van der Waals surface area (Å²) in [6, 6.07) is 4.40. The third-order valence-electron chi connectivity index (χ3n) is 2.76. The highest BCUT2D eigenvalue weighted by Crippen LogP contribution is 2.17. The van der Waals surface area contributed by atoms with E-state index in [1.807, 2.05) is 11.3 Å². The number of aryl methyl sites for hydroxylation is 1. The lowest BCUT2D eigenvalue weighted by atomic mass is 9.97. The molecule has 1 rings (SSSR count). The molecule has 0 amide bonds. The Balaban J connectivity index is 2.24. The van der Waals surface area contributed by atoms with Gasteiger partial charge in [-0.25, -0.2) is 0 Å². The molecular formula is C13H23NS. The first-order valence-corrected chi connectivity index (χ1v) is 6.97. The minimum atomic E-state index is 0.858. The highest BCUT2D eigenvalue weighted by molar-refractivity contribution is 7.09. The summed E-state index contributed by atoms with van der Waals surface area (Å²) in [6.07, 6.45) is 5.26. The van der Waals surface area contributed by atoms with Crippen molar-refractivity contribution < 1.29 is 0 Å². The molecule has 0 aliphatic carbocycles. The summed E-state index contributed by atoms with van der Waals surface area (Å²) in [6.45, 7) is 6.75. The fraction of sp³-hybridized carbons (Fsp3) is 0.692. The summed E-state index contributed by atoms with van der Waals surface area (Å²) in [5, 5.41) is 5.64. The molecule has 86 valence electrons. The lowest BCUT2D eigenvalue weighted by molar-refractivity contribution is 0.420. The van der Waals surface area contributed by atoms with Crippen molar-refractivity contribution in [2.75, 3.05) is 13.1 Å². The van der Waals surface area contributed by atoms with E-state index in [2.05, 4.69) is 36.7 Å². The van der Waals surface area contributed by atoms with Crippen LogP contribution in [0.1, 0.15) is 38.0 Å². The first kappa shape index (κ1) is 12.7. The Morgan fingerprint density at radius 1 is 1.33 bits per heavy atom. The zero-order valence-electron chi connectivity index (χ0n) is 9.96. The summed E-state index contributed by atoms with van der Waals surface area (Å²) in [5.74, 6) is 0.858. The maximum atomic E-state index is 3.47. The molecule has 1 aromatic rings. The predicted octanol–water partition coefficient (Wildman–Crippen LogP) is 3.71. The average molecular weight is 225 g/mol. The van der Waals surface area contributed by atoms with Crippen molar-refractivity contribution in [2.45, 2.75) is 39.5 Å². The van der Waals surface area contributed by atoms with Gasteiger partial charge in [0.2, 0.25) is 0 Å². The van der Waals surface area contributed by atoms with Gasteiger partial charge < -0.3 is 5.32 Å². The molecule has 0 aliphatic heterocycles. The Morgan fingerprint density at radius 2 is 2.20 bits per heavy atom. The zero-order chi connectivity index (χ0) is 10.9. The van der Waals surface area contributed by atoms with Crippen LogP contribution in [0.2, 0.25) is 0 Å². The molecule has 0 aromatic carbocycles. The minimum Gasteiger partial charge on any atom is -0.317 e. The van der Waals surface area contributed by atoms with Gasteiger partial charge in [-0.15, -0.1) is 11.3 Å². The van der Waals surface area contributed by atoms with Gasteiger partial charge in [-0.05, 0) is 49.7 Å². The molecule has 0 radical (unpaired) electrons. The second-order valence-corrected chi connectivity index (χ2v) is 5.11. The first-order valence-electron chi connectivity index (χ1n) is 6.09. The summed E-state index contributed by atoms with van der Waals surface area (Å²) in [7, 11) is 0. The van der Waals surface area contributed by atoms with Crippen molar-refractivity contribution in [2.24, 2.45) is 5.92 Å². The van der Waals surface area contributed by atoms with Crippen molar-refractivity contribution in [3.05, 3.63) is 22.4 Å². The van der Waals surface area contributed by atoms with Crippen LogP contribution in [-0.2, 0) is 6.42 Å². The number of rotatable bonds is 8. The van der Waals surface area contributed by atoms with Crippen LogP contribution in [0.4, 0.5) is 0 Å². The third kappa shape index (κ3) is 5.33. The topological polar surface area (TPSA) is 12.0 Å². The molecule has 1 N–H and O–H groups in total. The molecule has 1 nitrogen and oxygen atoms in total. The Kier molecular flexibility index (Phi) is 6.69. The number of hydrogen-bond donors (Lipinski definition) is 1. The summed E-state index contributed by atoms with van der Waals surface area (Å²) >= 11 is 1.89. The fourth-order valence-electron chi connectivity index (χ4n) is 1.91. The highest BCUT2D eigenvalue weighted by Gasteiger charge is 2.07. The van der Waals surface area contributed by atoms with E-state index in [1.54, 1.807) is 0 Å². The minimum absolute atomic E-state index is 0.858. The molecule has 15 heavy (non-hydrogen) atoms. The van der Waals surface area contributed by atoms with E-state index in [1.165, 1.54) is 37.1 Å². The average Bonchev–Trinajstić information content (AvgIpc) is 2.75. The number of hydrogen-bond acceptors (Lipinski definition) is 2. The van der Waals surface area contributed by atoms with Crippen LogP contribution in [0.3, 0.4) is 0 Å². The van der Waals surface area contributed by atoms with E-state index in [0.717, 1.165) is 12.5 Å². The van der Waals surface area contributed by atoms with Crippen LogP contribution in [0.15, 0.2) is 17.5 Å². The lowest BCUT2D eigenvalue weighted by Crippen LogP contribution is -2.22. The molecule has 1 heterocycles. The van der Waals surface area contributed by atoms with Gasteiger partial charge in [0.1, 0.15) is 0 Å². The van der Waals surface area contributed by atoms with E-state index >= 15 is 0 Å². The molecule has 1 unspecified atom stereocenters. The van der Waals surface area contributed by atoms with E-state index < -0.39 is 0 Å². The van der Waals surface area contributed by atoms with E-state index in [9.17, 15) is 0 Å². The second kappa shape index (κ2) is 7.89. The van der Waals surface area contributed by atoms with Gasteiger partial charge in [0, 0.05) is 4.88 Å². The highest BCUT2D eigenvalue weighted by atomic mass is 32.1. The Morgan fingerprint density at radius 3 is 2.80 bits per heavy atom. The van der Waals surface area contributed by atoms with Crippen LogP contribution in [0.5, 0.6) is 0 Å². The van der Waals surface area contributed by atoms with Gasteiger partial charge in [0.25, 0.3) is 0 Å². The van der Waals surface area contributed by atoms with Crippen LogP contribution < -0.4 is 5.32 Å². The Bertz CT molecular complexity index is 231. The SMILES string of the molecule is CCCC(CCc1cccs1)CNCC. The van der Waals surface area contributed by atoms with Crippen LogP contribution in [0, 0.1) is 5.92 Å². The predicted molar refractivity (Wildman–Crippen MR) is 69.6 cm³/mol. The van der Waals surface area contributed by atoms with E-state index in [4.69, 9.17) is 0 Å². The van der Waals surface area contributed by atoms with Gasteiger partial charge in [-0.3, -0.25) is 0 Å². The maximum Gasteiger partial charge on any atom is 0.00453 e. The van der Waals surface area contributed by atoms with E-state index in [0.29, 0.717) is 0 Å². The van der Waals surface area contributed by atoms with Gasteiger partial charge in [-0.1, -0.05) is 26.3 Å². The van der Waals surface area contributed by atoms with Crippen LogP contribution in [-0.4, -0.2) is 13.1 Å². The molecule has 0 bridgehead atoms. The molecule has 0 fully saturated rings. The molecule has 1 aromatic heterocycles. The molecule has 0 saturated carbocycles. The summed E-state index contributed by atoms with van der Waals surface area (Å²) in [5.41, 5.74) is 0. The quantitative estimate of drug-likeness (QED) is 0.711. The molecule has 0 spiro atoms.